The monoisotopic (exact) mass is 482 g/mol. The number of anilines is 1. The lowest BCUT2D eigenvalue weighted by Gasteiger charge is -2.19. The molecule has 0 aliphatic rings. The van der Waals surface area contributed by atoms with Gasteiger partial charge in [-0.25, -0.2) is 8.42 Å². The fourth-order valence-electron chi connectivity index (χ4n) is 2.76. The first-order valence-electron chi connectivity index (χ1n) is 8.82. The van der Waals surface area contributed by atoms with Gasteiger partial charge in [0.25, 0.3) is 0 Å². The van der Waals surface area contributed by atoms with Gasteiger partial charge in [0, 0.05) is 20.8 Å². The molecule has 156 valence electrons. The number of nitrogens with one attached hydrogen (secondary N) is 2. The second-order valence-electron chi connectivity index (χ2n) is 6.46. The summed E-state index contributed by atoms with van der Waals surface area (Å²) < 4.78 is 28.1. The van der Waals surface area contributed by atoms with E-state index in [1.807, 2.05) is 30.3 Å². The summed E-state index contributed by atoms with van der Waals surface area (Å²) in [5.41, 5.74) is 1.15. The molecule has 0 bridgehead atoms. The van der Waals surface area contributed by atoms with Gasteiger partial charge in [-0.3, -0.25) is 4.79 Å². The van der Waals surface area contributed by atoms with E-state index >= 15 is 0 Å². The van der Waals surface area contributed by atoms with Crippen LogP contribution >= 0.6 is 34.8 Å². The SMILES string of the molecule is O=C(Nc1cc(Cl)cc(Cl)c1)[C@@H](Cc1ccccc1)NS(=O)(=O)c1ccc(Cl)cc1. The van der Waals surface area contributed by atoms with Gasteiger partial charge in [0.1, 0.15) is 6.04 Å². The van der Waals surface area contributed by atoms with E-state index < -0.39 is 22.0 Å². The molecule has 9 heteroatoms. The number of carbonyl (C=O) groups is 1. The van der Waals surface area contributed by atoms with Crippen LogP contribution in [0.4, 0.5) is 5.69 Å². The topological polar surface area (TPSA) is 75.3 Å². The van der Waals surface area contributed by atoms with Crippen LogP contribution < -0.4 is 10.0 Å². The highest BCUT2D eigenvalue weighted by Crippen LogP contribution is 2.23. The third-order valence-corrected chi connectivity index (χ3v) is 6.33. The zero-order valence-corrected chi connectivity index (χ0v) is 18.6. The Hall–Kier alpha value is -2.09. The van der Waals surface area contributed by atoms with Crippen molar-refractivity contribution in [2.75, 3.05) is 5.32 Å². The fourth-order valence-corrected chi connectivity index (χ4v) is 4.61. The maximum atomic E-state index is 13.0. The molecule has 0 fully saturated rings. The van der Waals surface area contributed by atoms with Crippen LogP contribution in [0.3, 0.4) is 0 Å². The Balaban J connectivity index is 1.87. The molecule has 0 saturated heterocycles. The van der Waals surface area contributed by atoms with Crippen LogP contribution in [-0.2, 0) is 21.2 Å². The molecule has 0 spiro atoms. The molecule has 0 radical (unpaired) electrons. The molecule has 2 N–H and O–H groups in total. The van der Waals surface area contributed by atoms with Gasteiger partial charge in [-0.05, 0) is 54.4 Å². The summed E-state index contributed by atoms with van der Waals surface area (Å²) in [7, 11) is -3.97. The van der Waals surface area contributed by atoms with E-state index in [9.17, 15) is 13.2 Å². The first-order chi connectivity index (χ1) is 14.2. The number of hydrogen-bond donors (Lipinski definition) is 2. The second kappa shape index (κ2) is 9.81. The minimum atomic E-state index is -3.97. The van der Waals surface area contributed by atoms with Gasteiger partial charge in [0.15, 0.2) is 0 Å². The Morgan fingerprint density at radius 1 is 0.833 bits per heavy atom. The Bertz CT molecular complexity index is 1120. The van der Waals surface area contributed by atoms with Gasteiger partial charge >= 0.3 is 0 Å². The fraction of sp³-hybridized carbons (Fsp3) is 0.0952. The molecule has 0 aliphatic carbocycles. The molecule has 0 aliphatic heterocycles. The Morgan fingerprint density at radius 2 is 1.43 bits per heavy atom. The van der Waals surface area contributed by atoms with Crippen molar-refractivity contribution >= 4 is 56.4 Å². The highest BCUT2D eigenvalue weighted by molar-refractivity contribution is 7.89. The van der Waals surface area contributed by atoms with Crippen molar-refractivity contribution in [1.29, 1.82) is 0 Å². The van der Waals surface area contributed by atoms with Gasteiger partial charge in [-0.1, -0.05) is 65.1 Å². The number of amides is 1. The van der Waals surface area contributed by atoms with Gasteiger partial charge in [0.2, 0.25) is 15.9 Å². The third kappa shape index (κ3) is 6.20. The summed E-state index contributed by atoms with van der Waals surface area (Å²) in [6.07, 6.45) is 0.147. The zero-order valence-electron chi connectivity index (χ0n) is 15.5. The average Bonchev–Trinajstić information content (AvgIpc) is 2.67. The summed E-state index contributed by atoms with van der Waals surface area (Å²) in [5, 5.41) is 3.77. The van der Waals surface area contributed by atoms with Gasteiger partial charge in [-0.15, -0.1) is 0 Å². The van der Waals surface area contributed by atoms with Gasteiger partial charge in [-0.2, -0.15) is 4.72 Å². The molecule has 3 rings (SSSR count). The molecule has 0 aromatic heterocycles. The number of sulfonamides is 1. The molecule has 0 unspecified atom stereocenters. The highest BCUT2D eigenvalue weighted by atomic mass is 35.5. The summed E-state index contributed by atoms with van der Waals surface area (Å²) >= 11 is 17.8. The van der Waals surface area contributed by atoms with Gasteiger partial charge < -0.3 is 5.32 Å². The first kappa shape index (κ1) is 22.6. The molecule has 1 amide bonds. The lowest BCUT2D eigenvalue weighted by molar-refractivity contribution is -0.117. The Kier molecular flexibility index (Phi) is 7.39. The van der Waals surface area contributed by atoms with E-state index in [0.29, 0.717) is 20.8 Å². The van der Waals surface area contributed by atoms with E-state index in [0.717, 1.165) is 5.56 Å². The van der Waals surface area contributed by atoms with Crippen molar-refractivity contribution in [1.82, 2.24) is 4.72 Å². The number of halogens is 3. The number of rotatable bonds is 7. The van der Waals surface area contributed by atoms with Crippen LogP contribution in [0.1, 0.15) is 5.56 Å². The highest BCUT2D eigenvalue weighted by Gasteiger charge is 2.26. The third-order valence-electron chi connectivity index (χ3n) is 4.15. The van der Waals surface area contributed by atoms with Crippen molar-refractivity contribution in [3.8, 4) is 0 Å². The van der Waals surface area contributed by atoms with Crippen LogP contribution in [0.25, 0.3) is 0 Å². The predicted molar refractivity (Wildman–Crippen MR) is 121 cm³/mol. The standard InChI is InChI=1S/C21H17Cl3N2O3S/c22-15-6-8-19(9-7-15)30(28,29)26-20(10-14-4-2-1-3-5-14)21(27)25-18-12-16(23)11-17(24)13-18/h1-9,11-13,20,26H,10H2,(H,25,27)/t20-/m1/s1. The maximum absolute atomic E-state index is 13.0. The smallest absolute Gasteiger partial charge is 0.242 e. The number of carbonyl (C=O) groups excluding carboxylic acids is 1. The molecular formula is C21H17Cl3N2O3S. The molecular weight excluding hydrogens is 467 g/mol. The van der Waals surface area contributed by atoms with E-state index in [1.165, 1.54) is 42.5 Å². The second-order valence-corrected chi connectivity index (χ2v) is 9.49. The van der Waals surface area contributed by atoms with Crippen LogP contribution in [0.15, 0.2) is 77.7 Å². The minimum absolute atomic E-state index is 0.00330. The van der Waals surface area contributed by atoms with Crippen LogP contribution in [0, 0.1) is 0 Å². The summed E-state index contributed by atoms with van der Waals surface area (Å²) in [6.45, 7) is 0. The molecule has 30 heavy (non-hydrogen) atoms. The summed E-state index contributed by atoms with van der Waals surface area (Å²) in [6, 6.07) is 18.3. The number of hydrogen-bond acceptors (Lipinski definition) is 3. The van der Waals surface area contributed by atoms with E-state index in [-0.39, 0.29) is 11.3 Å². The van der Waals surface area contributed by atoms with Crippen molar-refractivity contribution < 1.29 is 13.2 Å². The van der Waals surface area contributed by atoms with Crippen LogP contribution in [0.5, 0.6) is 0 Å². The van der Waals surface area contributed by atoms with Crippen LogP contribution in [-0.4, -0.2) is 20.4 Å². The largest absolute Gasteiger partial charge is 0.325 e. The molecule has 5 nitrogen and oxygen atoms in total. The molecule has 1 atom stereocenters. The first-order valence-corrected chi connectivity index (χ1v) is 11.4. The predicted octanol–water partition coefficient (Wildman–Crippen LogP) is 5.18. The van der Waals surface area contributed by atoms with E-state index in [4.69, 9.17) is 34.8 Å². The summed E-state index contributed by atoms with van der Waals surface area (Å²) in [5.74, 6) is -0.547. The lowest BCUT2D eigenvalue weighted by atomic mass is 10.1. The quantitative estimate of drug-likeness (QED) is 0.486. The molecule has 3 aromatic carbocycles. The van der Waals surface area contributed by atoms with Crippen molar-refractivity contribution in [2.45, 2.75) is 17.4 Å². The number of benzene rings is 3. The lowest BCUT2D eigenvalue weighted by Crippen LogP contribution is -2.45. The van der Waals surface area contributed by atoms with E-state index in [2.05, 4.69) is 10.0 Å². The Morgan fingerprint density at radius 3 is 2.03 bits per heavy atom. The van der Waals surface area contributed by atoms with Crippen LogP contribution in [0.2, 0.25) is 15.1 Å². The maximum Gasteiger partial charge on any atom is 0.242 e. The normalized spacial score (nSPS) is 12.4. The average molecular weight is 484 g/mol. The minimum Gasteiger partial charge on any atom is -0.325 e. The Labute approximate surface area is 190 Å². The zero-order chi connectivity index (χ0) is 21.7. The van der Waals surface area contributed by atoms with Crippen molar-refractivity contribution in [2.24, 2.45) is 0 Å². The van der Waals surface area contributed by atoms with Gasteiger partial charge in [0.05, 0.1) is 4.90 Å². The molecule has 0 saturated carbocycles. The van der Waals surface area contributed by atoms with Crippen molar-refractivity contribution in [3.05, 3.63) is 93.4 Å². The van der Waals surface area contributed by atoms with E-state index in [1.54, 1.807) is 0 Å². The molecule has 3 aromatic rings. The molecule has 0 heterocycles. The summed E-state index contributed by atoms with van der Waals surface area (Å²) in [4.78, 5) is 13.0. The van der Waals surface area contributed by atoms with Crippen molar-refractivity contribution in [3.63, 3.8) is 0 Å².